The van der Waals surface area contributed by atoms with Gasteiger partial charge in [-0.3, -0.25) is 4.90 Å². The summed E-state index contributed by atoms with van der Waals surface area (Å²) in [5.41, 5.74) is 0. The van der Waals surface area contributed by atoms with Gasteiger partial charge in [0.1, 0.15) is 0 Å². The number of rotatable bonds is 5. The molecule has 2 fully saturated rings. The summed E-state index contributed by atoms with van der Waals surface area (Å²) in [4.78, 5) is 4.49. The first-order valence-corrected chi connectivity index (χ1v) is 9.17. The fraction of sp³-hybridized carbons (Fsp3) is 1.00. The zero-order valence-corrected chi connectivity index (χ0v) is 13.5. The van der Waals surface area contributed by atoms with Crippen molar-refractivity contribution in [1.29, 1.82) is 0 Å². The first-order chi connectivity index (χ1) is 9.49. The Labute approximate surface area is 123 Å². The van der Waals surface area contributed by atoms with Crippen LogP contribution in [0.3, 0.4) is 0 Å². The summed E-state index contributed by atoms with van der Waals surface area (Å²) in [6, 6.07) is 0.180. The molecule has 0 radical (unpaired) electrons. The Morgan fingerprint density at radius 2 is 1.75 bits per heavy atom. The van der Waals surface area contributed by atoms with Crippen LogP contribution >= 0.6 is 0 Å². The summed E-state index contributed by atoms with van der Waals surface area (Å²) in [7, 11) is 0.721. The van der Waals surface area contributed by atoms with Crippen LogP contribution in [0.25, 0.3) is 0 Å². The highest BCUT2D eigenvalue weighted by atomic mass is 32.2. The van der Waals surface area contributed by atoms with E-state index in [1.54, 1.807) is 11.4 Å². The molecule has 7 heteroatoms. The van der Waals surface area contributed by atoms with Gasteiger partial charge in [0.15, 0.2) is 0 Å². The highest BCUT2D eigenvalue weighted by molar-refractivity contribution is 7.89. The van der Waals surface area contributed by atoms with Crippen molar-refractivity contribution in [3.63, 3.8) is 0 Å². The topological polar surface area (TPSA) is 55.9 Å². The lowest BCUT2D eigenvalue weighted by atomic mass is 10.1. The Morgan fingerprint density at radius 1 is 1.15 bits per heavy atom. The minimum absolute atomic E-state index is 0.180. The lowest BCUT2D eigenvalue weighted by molar-refractivity contribution is 0.196. The summed E-state index contributed by atoms with van der Waals surface area (Å²) in [5, 5.41) is 3.28. The minimum atomic E-state index is -3.12. The van der Waals surface area contributed by atoms with Gasteiger partial charge in [-0.1, -0.05) is 0 Å². The van der Waals surface area contributed by atoms with E-state index in [0.717, 1.165) is 52.1 Å². The highest BCUT2D eigenvalue weighted by Crippen LogP contribution is 2.17. The van der Waals surface area contributed by atoms with Gasteiger partial charge in [-0.15, -0.1) is 0 Å². The summed E-state index contributed by atoms with van der Waals surface area (Å²) >= 11 is 0. The van der Waals surface area contributed by atoms with Gasteiger partial charge in [-0.05, 0) is 33.0 Å². The van der Waals surface area contributed by atoms with Crippen LogP contribution < -0.4 is 5.32 Å². The maximum Gasteiger partial charge on any atom is 0.215 e. The van der Waals surface area contributed by atoms with Crippen molar-refractivity contribution in [3.05, 3.63) is 0 Å². The normalized spacial score (nSPS) is 24.4. The zero-order valence-electron chi connectivity index (χ0n) is 12.7. The predicted molar refractivity (Wildman–Crippen MR) is 81.4 cm³/mol. The van der Waals surface area contributed by atoms with Crippen LogP contribution in [0.15, 0.2) is 0 Å². The highest BCUT2D eigenvalue weighted by Gasteiger charge is 2.29. The molecule has 0 aliphatic carbocycles. The molecule has 0 spiro atoms. The number of hydrogen-bond donors (Lipinski definition) is 1. The SMILES string of the molecule is CN1CCC(N(C)S(=O)(=O)CCN2CCNCC2)CC1. The molecular weight excluding hydrogens is 276 g/mol. The Bertz CT molecular complexity index is 387. The van der Waals surface area contributed by atoms with Gasteiger partial charge in [0.25, 0.3) is 0 Å². The number of piperazine rings is 1. The molecule has 0 aromatic carbocycles. The van der Waals surface area contributed by atoms with Crippen molar-refractivity contribution in [3.8, 4) is 0 Å². The van der Waals surface area contributed by atoms with Crippen LogP contribution in [-0.4, -0.2) is 94.2 Å². The van der Waals surface area contributed by atoms with E-state index in [0.29, 0.717) is 6.54 Å². The van der Waals surface area contributed by atoms with Crippen molar-refractivity contribution in [2.45, 2.75) is 18.9 Å². The Kier molecular flexibility index (Phi) is 5.80. The first kappa shape index (κ1) is 16.2. The first-order valence-electron chi connectivity index (χ1n) is 7.56. The zero-order chi connectivity index (χ0) is 14.6. The molecule has 118 valence electrons. The van der Waals surface area contributed by atoms with Gasteiger partial charge in [0.05, 0.1) is 5.75 Å². The van der Waals surface area contributed by atoms with Crippen molar-refractivity contribution in [2.24, 2.45) is 0 Å². The summed E-state index contributed by atoms with van der Waals surface area (Å²) in [5.74, 6) is 0.246. The third-order valence-corrected chi connectivity index (χ3v) is 6.39. The minimum Gasteiger partial charge on any atom is -0.314 e. The molecule has 2 saturated heterocycles. The number of sulfonamides is 1. The molecular formula is C13H28N4O2S. The van der Waals surface area contributed by atoms with Gasteiger partial charge in [-0.25, -0.2) is 12.7 Å². The second-order valence-corrected chi connectivity index (χ2v) is 8.11. The number of nitrogens with one attached hydrogen (secondary N) is 1. The Hall–Kier alpha value is -0.210. The molecule has 0 amide bonds. The fourth-order valence-corrected chi connectivity index (χ4v) is 4.35. The molecule has 0 bridgehead atoms. The summed E-state index contributed by atoms with van der Waals surface area (Å²) < 4.78 is 26.5. The van der Waals surface area contributed by atoms with Gasteiger partial charge >= 0.3 is 0 Å². The van der Waals surface area contributed by atoms with Crippen LogP contribution in [0, 0.1) is 0 Å². The molecule has 0 atom stereocenters. The number of nitrogens with zero attached hydrogens (tertiary/aromatic N) is 3. The molecule has 6 nitrogen and oxygen atoms in total. The smallest absolute Gasteiger partial charge is 0.215 e. The fourth-order valence-electron chi connectivity index (χ4n) is 2.91. The van der Waals surface area contributed by atoms with Gasteiger partial charge in [0, 0.05) is 45.8 Å². The van der Waals surface area contributed by atoms with Gasteiger partial charge in [-0.2, -0.15) is 0 Å². The molecule has 2 rings (SSSR count). The van der Waals surface area contributed by atoms with E-state index < -0.39 is 10.0 Å². The van der Waals surface area contributed by atoms with Crippen LogP contribution in [0.5, 0.6) is 0 Å². The third-order valence-electron chi connectivity index (χ3n) is 4.52. The molecule has 2 aliphatic heterocycles. The maximum atomic E-state index is 12.4. The average molecular weight is 304 g/mol. The van der Waals surface area contributed by atoms with Gasteiger partial charge in [0.2, 0.25) is 10.0 Å². The van der Waals surface area contributed by atoms with E-state index in [1.165, 1.54) is 0 Å². The number of likely N-dealkylation sites (tertiary alicyclic amines) is 1. The van der Waals surface area contributed by atoms with Crippen molar-refractivity contribution < 1.29 is 8.42 Å². The number of piperidine rings is 1. The van der Waals surface area contributed by atoms with Gasteiger partial charge < -0.3 is 10.2 Å². The van der Waals surface area contributed by atoms with Crippen LogP contribution in [0.2, 0.25) is 0 Å². The molecule has 0 unspecified atom stereocenters. The predicted octanol–water partition coefficient (Wildman–Crippen LogP) is -0.753. The lowest BCUT2D eigenvalue weighted by Gasteiger charge is -2.35. The standard InChI is InChI=1S/C13H28N4O2S/c1-15-7-3-13(4-8-15)16(2)20(18,19)12-11-17-9-5-14-6-10-17/h13-14H,3-12H2,1-2H3. The largest absolute Gasteiger partial charge is 0.314 e. The van der Waals surface area contributed by atoms with Crippen molar-refractivity contribution >= 4 is 10.0 Å². The monoisotopic (exact) mass is 304 g/mol. The molecule has 2 aliphatic rings. The van der Waals surface area contributed by atoms with E-state index in [9.17, 15) is 8.42 Å². The summed E-state index contributed by atoms with van der Waals surface area (Å²) in [6.07, 6.45) is 1.89. The van der Waals surface area contributed by atoms with Crippen LogP contribution in [0.1, 0.15) is 12.8 Å². The van der Waals surface area contributed by atoms with Crippen molar-refractivity contribution in [2.75, 3.05) is 65.7 Å². The van der Waals surface area contributed by atoms with Crippen LogP contribution in [-0.2, 0) is 10.0 Å². The molecule has 20 heavy (non-hydrogen) atoms. The van der Waals surface area contributed by atoms with E-state index in [4.69, 9.17) is 0 Å². The quantitative estimate of drug-likeness (QED) is 0.724. The van der Waals surface area contributed by atoms with E-state index in [-0.39, 0.29) is 11.8 Å². The number of hydrogen-bond acceptors (Lipinski definition) is 5. The second kappa shape index (κ2) is 7.17. The van der Waals surface area contributed by atoms with Crippen LogP contribution in [0.4, 0.5) is 0 Å². The molecule has 0 saturated carbocycles. The molecule has 0 aromatic heterocycles. The Morgan fingerprint density at radius 3 is 2.35 bits per heavy atom. The summed E-state index contributed by atoms with van der Waals surface area (Å²) in [6.45, 7) is 6.46. The Balaban J connectivity index is 1.82. The molecule has 2 heterocycles. The molecule has 0 aromatic rings. The van der Waals surface area contributed by atoms with E-state index in [1.807, 2.05) is 0 Å². The molecule has 1 N–H and O–H groups in total. The van der Waals surface area contributed by atoms with E-state index in [2.05, 4.69) is 22.2 Å². The lowest BCUT2D eigenvalue weighted by Crippen LogP contribution is -2.48. The maximum absolute atomic E-state index is 12.4. The third kappa shape index (κ3) is 4.39. The van der Waals surface area contributed by atoms with Crippen molar-refractivity contribution in [1.82, 2.24) is 19.4 Å². The average Bonchev–Trinajstić information content (AvgIpc) is 2.46. The second-order valence-electron chi connectivity index (χ2n) is 5.96. The van der Waals surface area contributed by atoms with E-state index >= 15 is 0 Å².